The Morgan fingerprint density at radius 1 is 0.971 bits per heavy atom. The second-order valence-corrected chi connectivity index (χ2v) is 13.8. The fourth-order valence-corrected chi connectivity index (χ4v) is 5.77. The van der Waals surface area contributed by atoms with Gasteiger partial charge in [0.25, 0.3) is 0 Å². The topological polar surface area (TPSA) is 58.6 Å². The lowest BCUT2D eigenvalue weighted by atomic mass is 9.71. The van der Waals surface area contributed by atoms with E-state index in [9.17, 15) is 9.59 Å². The van der Waals surface area contributed by atoms with E-state index in [1.54, 1.807) is 7.11 Å². The average molecular weight is 483 g/mol. The first kappa shape index (κ1) is 33.1. The molecule has 1 saturated heterocycles. The van der Waals surface area contributed by atoms with E-state index < -0.39 is 0 Å². The van der Waals surface area contributed by atoms with E-state index in [0.717, 1.165) is 32.1 Å². The van der Waals surface area contributed by atoms with Crippen molar-refractivity contribution < 1.29 is 14.3 Å². The van der Waals surface area contributed by atoms with Gasteiger partial charge in [0.1, 0.15) is 6.29 Å². The second-order valence-electron chi connectivity index (χ2n) is 13.8. The van der Waals surface area contributed by atoms with E-state index in [2.05, 4.69) is 79.6 Å². The minimum Gasteiger partial charge on any atom is -0.380 e. The first-order valence-electron chi connectivity index (χ1n) is 13.4. The molecule has 0 radical (unpaired) electrons. The first-order valence-corrected chi connectivity index (χ1v) is 13.4. The molecule has 1 rings (SSSR count). The molecule has 1 heterocycles. The summed E-state index contributed by atoms with van der Waals surface area (Å²) in [6.07, 6.45) is 9.26. The number of hydrogen-bond donors (Lipinski definition) is 1. The molecule has 34 heavy (non-hydrogen) atoms. The molecule has 5 nitrogen and oxygen atoms in total. The Balaban J connectivity index is 0.00000113. The molecule has 1 aliphatic rings. The minimum absolute atomic E-state index is 0.0131. The molecule has 1 aliphatic heterocycles. The third-order valence-electron chi connectivity index (χ3n) is 6.95. The van der Waals surface area contributed by atoms with Crippen molar-refractivity contribution in [3.63, 3.8) is 0 Å². The Labute approximate surface area is 212 Å². The van der Waals surface area contributed by atoms with Crippen LogP contribution in [0.1, 0.15) is 114 Å². The Kier molecular flexibility index (Phi) is 14.2. The number of rotatable bonds is 14. The Bertz CT molecular complexity index is 596. The highest BCUT2D eigenvalue weighted by atomic mass is 16.5. The maximum Gasteiger partial charge on any atom is 0.220 e. The lowest BCUT2D eigenvalue weighted by Gasteiger charge is -2.35. The van der Waals surface area contributed by atoms with Crippen LogP contribution in [0.4, 0.5) is 0 Å². The van der Waals surface area contributed by atoms with Gasteiger partial charge < -0.3 is 19.7 Å². The molecule has 1 unspecified atom stereocenters. The number of carbonyl (C=O) groups is 2. The smallest absolute Gasteiger partial charge is 0.220 e. The fraction of sp³-hybridized carbons (Fsp3) is 0.931. The van der Waals surface area contributed by atoms with E-state index in [0.29, 0.717) is 30.9 Å². The molecule has 1 fully saturated rings. The van der Waals surface area contributed by atoms with E-state index >= 15 is 0 Å². The molecule has 1 N–H and O–H groups in total. The zero-order valence-electron chi connectivity index (χ0n) is 24.6. The Morgan fingerprint density at radius 2 is 1.53 bits per heavy atom. The summed E-state index contributed by atoms with van der Waals surface area (Å²) in [7, 11) is 3.91. The van der Waals surface area contributed by atoms with Crippen molar-refractivity contribution in [1.29, 1.82) is 0 Å². The molecule has 0 saturated carbocycles. The highest BCUT2D eigenvalue weighted by Gasteiger charge is 2.30. The van der Waals surface area contributed by atoms with E-state index in [1.165, 1.54) is 25.8 Å². The lowest BCUT2D eigenvalue weighted by Crippen LogP contribution is -2.37. The molecular weight excluding hydrogens is 424 g/mol. The largest absolute Gasteiger partial charge is 0.380 e. The SMILES string of the molecule is CCCC(C)(C)CC(C)(C)CCC(=O)NCC(C)(C)CC(C)(C)CC=O.COC1CCN(C)C1. The molecule has 1 amide bonds. The van der Waals surface area contributed by atoms with Crippen LogP contribution in [0.3, 0.4) is 0 Å². The average Bonchev–Trinajstić information content (AvgIpc) is 3.09. The van der Waals surface area contributed by atoms with Crippen LogP contribution in [0.5, 0.6) is 0 Å². The number of carbonyl (C=O) groups excluding carboxylic acids is 2. The summed E-state index contributed by atoms with van der Waals surface area (Å²) in [6.45, 7) is 23.0. The highest BCUT2D eigenvalue weighted by Crippen LogP contribution is 2.40. The van der Waals surface area contributed by atoms with Crippen molar-refractivity contribution in [2.45, 2.75) is 120 Å². The number of nitrogens with zero attached hydrogens (tertiary/aromatic N) is 1. The molecule has 0 aromatic heterocycles. The molecular formula is C29H58N2O3. The van der Waals surface area contributed by atoms with Crippen molar-refractivity contribution in [3.8, 4) is 0 Å². The van der Waals surface area contributed by atoms with Gasteiger partial charge in [0.15, 0.2) is 0 Å². The number of likely N-dealkylation sites (tertiary alicyclic amines) is 1. The molecule has 0 bridgehead atoms. The van der Waals surface area contributed by atoms with Crippen LogP contribution >= 0.6 is 0 Å². The fourth-order valence-electron chi connectivity index (χ4n) is 5.77. The summed E-state index contributed by atoms with van der Waals surface area (Å²) >= 11 is 0. The van der Waals surface area contributed by atoms with Crippen LogP contribution in [0.15, 0.2) is 0 Å². The molecule has 0 aromatic rings. The van der Waals surface area contributed by atoms with Crippen LogP contribution < -0.4 is 5.32 Å². The number of ether oxygens (including phenoxy) is 1. The second kappa shape index (κ2) is 14.6. The number of likely N-dealkylation sites (N-methyl/N-ethyl adjacent to an activating group) is 1. The van der Waals surface area contributed by atoms with Crippen LogP contribution in [0.2, 0.25) is 0 Å². The summed E-state index contributed by atoms with van der Waals surface area (Å²) in [4.78, 5) is 25.5. The maximum absolute atomic E-state index is 12.4. The van der Waals surface area contributed by atoms with Crippen LogP contribution in [-0.4, -0.2) is 57.0 Å². The third-order valence-corrected chi connectivity index (χ3v) is 6.95. The molecule has 0 spiro atoms. The first-order chi connectivity index (χ1) is 15.5. The predicted molar refractivity (Wildman–Crippen MR) is 145 cm³/mol. The van der Waals surface area contributed by atoms with Gasteiger partial charge >= 0.3 is 0 Å². The van der Waals surface area contributed by atoms with Gasteiger partial charge in [-0.15, -0.1) is 0 Å². The van der Waals surface area contributed by atoms with E-state index in [1.807, 2.05) is 0 Å². The third kappa shape index (κ3) is 15.9. The summed E-state index contributed by atoms with van der Waals surface area (Å²) in [5, 5.41) is 3.12. The van der Waals surface area contributed by atoms with Crippen LogP contribution in [0, 0.1) is 21.7 Å². The van der Waals surface area contributed by atoms with Crippen molar-refractivity contribution >= 4 is 12.2 Å². The van der Waals surface area contributed by atoms with Gasteiger partial charge in [-0.25, -0.2) is 0 Å². The van der Waals surface area contributed by atoms with Crippen LogP contribution in [-0.2, 0) is 14.3 Å². The van der Waals surface area contributed by atoms with Gasteiger partial charge in [-0.05, 0) is 60.8 Å². The molecule has 202 valence electrons. The van der Waals surface area contributed by atoms with Gasteiger partial charge in [0, 0.05) is 39.6 Å². The van der Waals surface area contributed by atoms with E-state index in [-0.39, 0.29) is 22.2 Å². The number of methoxy groups -OCH3 is 1. The van der Waals surface area contributed by atoms with Gasteiger partial charge in [-0.3, -0.25) is 4.79 Å². The standard InChI is InChI=1S/C23H45NO2.C6H13NO/c1-10-12-20(2,3)16-21(4,5)13-11-19(26)24-18-23(8,9)17-22(6,7)14-15-25;1-7-4-3-6(5-7)8-2/h15H,10-14,16-18H2,1-9H3,(H,24,26);6H,3-5H2,1-2H3. The Morgan fingerprint density at radius 3 is 1.97 bits per heavy atom. The number of aldehydes is 1. The summed E-state index contributed by atoms with van der Waals surface area (Å²) in [5.74, 6) is 0.146. The zero-order chi connectivity index (χ0) is 26.6. The van der Waals surface area contributed by atoms with Crippen molar-refractivity contribution in [1.82, 2.24) is 10.2 Å². The van der Waals surface area contributed by atoms with Crippen molar-refractivity contribution in [3.05, 3.63) is 0 Å². The Hall–Kier alpha value is -0.940. The van der Waals surface area contributed by atoms with Gasteiger partial charge in [0.05, 0.1) is 6.10 Å². The van der Waals surface area contributed by atoms with Crippen molar-refractivity contribution in [2.75, 3.05) is 33.8 Å². The maximum atomic E-state index is 12.4. The van der Waals surface area contributed by atoms with Gasteiger partial charge in [0.2, 0.25) is 5.91 Å². The predicted octanol–water partition coefficient (Wildman–Crippen LogP) is 6.49. The minimum atomic E-state index is -0.0250. The van der Waals surface area contributed by atoms with Crippen molar-refractivity contribution in [2.24, 2.45) is 21.7 Å². The number of amides is 1. The van der Waals surface area contributed by atoms with Gasteiger partial charge in [-0.2, -0.15) is 0 Å². The molecule has 0 aliphatic carbocycles. The monoisotopic (exact) mass is 482 g/mol. The summed E-state index contributed by atoms with van der Waals surface area (Å²) in [5.41, 5.74) is 0.474. The summed E-state index contributed by atoms with van der Waals surface area (Å²) in [6, 6.07) is 0. The van der Waals surface area contributed by atoms with Crippen LogP contribution in [0.25, 0.3) is 0 Å². The highest BCUT2D eigenvalue weighted by molar-refractivity contribution is 5.75. The molecule has 1 atom stereocenters. The van der Waals surface area contributed by atoms with E-state index in [4.69, 9.17) is 4.74 Å². The quantitative estimate of drug-likeness (QED) is 0.287. The zero-order valence-corrected chi connectivity index (χ0v) is 24.6. The van der Waals surface area contributed by atoms with Gasteiger partial charge in [-0.1, -0.05) is 68.7 Å². The summed E-state index contributed by atoms with van der Waals surface area (Å²) < 4.78 is 5.14. The normalized spacial score (nSPS) is 17.8. The lowest BCUT2D eigenvalue weighted by molar-refractivity contribution is -0.122. The molecule has 5 heteroatoms. The number of nitrogens with one attached hydrogen (secondary N) is 1. The molecule has 0 aromatic carbocycles. The number of hydrogen-bond acceptors (Lipinski definition) is 4.